The van der Waals surface area contributed by atoms with Crippen molar-refractivity contribution in [3.63, 3.8) is 0 Å². The lowest BCUT2D eigenvalue weighted by atomic mass is 10.1. The number of aromatic nitrogens is 1. The van der Waals surface area contributed by atoms with Crippen LogP contribution in [0.25, 0.3) is 10.9 Å². The van der Waals surface area contributed by atoms with Crippen molar-refractivity contribution in [3.05, 3.63) is 98.8 Å². The van der Waals surface area contributed by atoms with Crippen LogP contribution in [0, 0.1) is 6.92 Å². The van der Waals surface area contributed by atoms with Crippen LogP contribution in [0.3, 0.4) is 0 Å². The molecule has 3 aromatic carbocycles. The fraction of sp³-hybridized carbons (Fsp3) is 0.154. The Morgan fingerprint density at radius 2 is 1.88 bits per heavy atom. The van der Waals surface area contributed by atoms with Gasteiger partial charge in [-0.1, -0.05) is 41.9 Å². The molecule has 0 amide bonds. The molecular weight excluding hydrogens is 470 g/mol. The molecule has 0 aliphatic carbocycles. The van der Waals surface area contributed by atoms with Gasteiger partial charge in [0.05, 0.1) is 12.1 Å². The number of para-hydroxylation sites is 1. The number of nitrogens with zero attached hydrogens (tertiary/aromatic N) is 1. The van der Waals surface area contributed by atoms with E-state index in [1.165, 1.54) is 0 Å². The zero-order valence-corrected chi connectivity index (χ0v) is 20.0. The Kier molecular flexibility index (Phi) is 6.13. The van der Waals surface area contributed by atoms with Crippen molar-refractivity contribution in [2.75, 3.05) is 12.1 Å². The third kappa shape index (κ3) is 4.71. The van der Waals surface area contributed by atoms with Crippen molar-refractivity contribution in [2.24, 2.45) is 0 Å². The van der Waals surface area contributed by atoms with Crippen LogP contribution in [0.5, 0.6) is 11.5 Å². The van der Waals surface area contributed by atoms with Crippen molar-refractivity contribution >= 4 is 45.5 Å². The van der Waals surface area contributed by atoms with Gasteiger partial charge in [0, 0.05) is 22.8 Å². The number of pyridine rings is 1. The fourth-order valence-corrected chi connectivity index (χ4v) is 4.42. The first-order valence-electron chi connectivity index (χ1n) is 10.8. The second-order valence-corrected chi connectivity index (χ2v) is 8.97. The molecule has 1 aromatic heterocycles. The van der Waals surface area contributed by atoms with Gasteiger partial charge >= 0.3 is 0 Å². The fourth-order valence-electron chi connectivity index (χ4n) is 3.98. The minimum Gasteiger partial charge on any atom is -0.454 e. The number of rotatable bonds is 5. The summed E-state index contributed by atoms with van der Waals surface area (Å²) < 4.78 is 11.0. The van der Waals surface area contributed by atoms with Gasteiger partial charge < -0.3 is 24.7 Å². The van der Waals surface area contributed by atoms with E-state index in [2.05, 4.69) is 10.3 Å². The molecule has 4 aromatic rings. The van der Waals surface area contributed by atoms with Gasteiger partial charge in [-0.3, -0.25) is 4.79 Å². The predicted octanol–water partition coefficient (Wildman–Crippen LogP) is 5.62. The molecule has 0 atom stereocenters. The summed E-state index contributed by atoms with van der Waals surface area (Å²) in [6, 6.07) is 21.0. The Balaban J connectivity index is 1.47. The molecule has 0 saturated carbocycles. The standard InChI is InChI=1S/C26H22ClN3O3S/c1-16-4-2-5-18-11-19(25(31)29-24(16)18)14-30(26(34)28-21-7-3-6-20(27)12-21)13-17-8-9-22-23(10-17)33-15-32-22/h2-12H,13-15H2,1H3,(H,28,34)(H,29,31). The Labute approximate surface area is 207 Å². The molecule has 0 unspecified atom stereocenters. The largest absolute Gasteiger partial charge is 0.454 e. The number of hydrogen-bond donors (Lipinski definition) is 2. The first-order valence-corrected chi connectivity index (χ1v) is 11.6. The number of benzene rings is 3. The van der Waals surface area contributed by atoms with Crippen LogP contribution in [0.4, 0.5) is 5.69 Å². The second kappa shape index (κ2) is 9.37. The normalized spacial score (nSPS) is 12.1. The highest BCUT2D eigenvalue weighted by Gasteiger charge is 2.18. The number of aryl methyl sites for hydroxylation is 1. The van der Waals surface area contributed by atoms with Crippen molar-refractivity contribution in [2.45, 2.75) is 20.0 Å². The van der Waals surface area contributed by atoms with E-state index in [4.69, 9.17) is 33.3 Å². The SMILES string of the molecule is Cc1cccc2cc(CN(Cc3ccc4c(c3)OCO4)C(=S)Nc3cccc(Cl)c3)c(=O)[nH]c12. The molecule has 34 heavy (non-hydrogen) atoms. The molecule has 0 bridgehead atoms. The van der Waals surface area contributed by atoms with E-state index >= 15 is 0 Å². The van der Waals surface area contributed by atoms with E-state index in [1.54, 1.807) is 12.1 Å². The highest BCUT2D eigenvalue weighted by Crippen LogP contribution is 2.33. The molecule has 172 valence electrons. The van der Waals surface area contributed by atoms with Crippen LogP contribution in [0.2, 0.25) is 5.02 Å². The van der Waals surface area contributed by atoms with Crippen LogP contribution in [0.15, 0.2) is 71.5 Å². The number of nitrogens with one attached hydrogen (secondary N) is 2. The number of fused-ring (bicyclic) bond motifs is 2. The molecule has 2 N–H and O–H groups in total. The third-order valence-electron chi connectivity index (χ3n) is 5.70. The molecule has 8 heteroatoms. The number of anilines is 1. The molecule has 1 aliphatic heterocycles. The van der Waals surface area contributed by atoms with Gasteiger partial charge in [0.15, 0.2) is 16.6 Å². The Bertz CT molecular complexity index is 1450. The summed E-state index contributed by atoms with van der Waals surface area (Å²) in [5, 5.41) is 5.31. The lowest BCUT2D eigenvalue weighted by molar-refractivity contribution is 0.174. The van der Waals surface area contributed by atoms with Gasteiger partial charge in [-0.15, -0.1) is 0 Å². The number of H-pyrrole nitrogens is 1. The summed E-state index contributed by atoms with van der Waals surface area (Å²) in [4.78, 5) is 17.9. The highest BCUT2D eigenvalue weighted by atomic mass is 35.5. The van der Waals surface area contributed by atoms with Gasteiger partial charge in [0.25, 0.3) is 5.56 Å². The van der Waals surface area contributed by atoms with Gasteiger partial charge in [0.2, 0.25) is 6.79 Å². The molecule has 0 radical (unpaired) electrons. The average molecular weight is 492 g/mol. The summed E-state index contributed by atoms with van der Waals surface area (Å²) in [7, 11) is 0. The number of halogens is 1. The van der Waals surface area contributed by atoms with E-state index in [1.807, 2.05) is 66.4 Å². The molecule has 0 fully saturated rings. The minimum atomic E-state index is -0.136. The maximum atomic E-state index is 13.0. The number of ether oxygens (including phenoxy) is 2. The van der Waals surface area contributed by atoms with Crippen LogP contribution < -0.4 is 20.3 Å². The summed E-state index contributed by atoms with van der Waals surface area (Å²) in [6.45, 7) is 2.98. The average Bonchev–Trinajstić information content (AvgIpc) is 3.28. The van der Waals surface area contributed by atoms with Crippen molar-refractivity contribution < 1.29 is 9.47 Å². The summed E-state index contributed by atoms with van der Waals surface area (Å²) in [6.07, 6.45) is 0. The van der Waals surface area contributed by atoms with Gasteiger partial charge in [-0.25, -0.2) is 0 Å². The monoisotopic (exact) mass is 491 g/mol. The van der Waals surface area contributed by atoms with E-state index in [-0.39, 0.29) is 12.4 Å². The van der Waals surface area contributed by atoms with Crippen molar-refractivity contribution in [3.8, 4) is 11.5 Å². The zero-order chi connectivity index (χ0) is 23.7. The first kappa shape index (κ1) is 22.3. The third-order valence-corrected chi connectivity index (χ3v) is 6.30. The number of thiocarbonyl (C=S) groups is 1. The highest BCUT2D eigenvalue weighted by molar-refractivity contribution is 7.80. The van der Waals surface area contributed by atoms with Crippen LogP contribution in [-0.4, -0.2) is 21.8 Å². The molecule has 0 saturated heterocycles. The lowest BCUT2D eigenvalue weighted by Crippen LogP contribution is -2.35. The number of aromatic amines is 1. The molecule has 5 rings (SSSR count). The lowest BCUT2D eigenvalue weighted by Gasteiger charge is -2.26. The van der Waals surface area contributed by atoms with Crippen LogP contribution in [-0.2, 0) is 13.1 Å². The summed E-state index contributed by atoms with van der Waals surface area (Å²) >= 11 is 11.9. The van der Waals surface area contributed by atoms with Gasteiger partial charge in [-0.2, -0.15) is 0 Å². The van der Waals surface area contributed by atoms with Crippen LogP contribution in [0.1, 0.15) is 16.7 Å². The number of hydrogen-bond acceptors (Lipinski definition) is 4. The Morgan fingerprint density at radius 3 is 2.74 bits per heavy atom. The summed E-state index contributed by atoms with van der Waals surface area (Å²) in [5.74, 6) is 1.42. The van der Waals surface area contributed by atoms with Crippen molar-refractivity contribution in [1.29, 1.82) is 0 Å². The Morgan fingerprint density at radius 1 is 1.06 bits per heavy atom. The van der Waals surface area contributed by atoms with E-state index in [0.29, 0.717) is 34.5 Å². The molecular formula is C26H22ClN3O3S. The molecule has 6 nitrogen and oxygen atoms in total. The topological polar surface area (TPSA) is 66.6 Å². The zero-order valence-electron chi connectivity index (χ0n) is 18.4. The molecule has 2 heterocycles. The summed E-state index contributed by atoms with van der Waals surface area (Å²) in [5.41, 5.74) is 4.11. The second-order valence-electron chi connectivity index (χ2n) is 8.15. The Hall–Kier alpha value is -3.55. The van der Waals surface area contributed by atoms with Gasteiger partial charge in [-0.05, 0) is 72.1 Å². The van der Waals surface area contributed by atoms with Crippen LogP contribution >= 0.6 is 23.8 Å². The van der Waals surface area contributed by atoms with Crippen molar-refractivity contribution in [1.82, 2.24) is 9.88 Å². The predicted molar refractivity (Wildman–Crippen MR) is 139 cm³/mol. The van der Waals surface area contributed by atoms with E-state index in [0.717, 1.165) is 33.5 Å². The quantitative estimate of drug-likeness (QED) is 0.353. The first-order chi connectivity index (χ1) is 16.5. The molecule has 0 spiro atoms. The smallest absolute Gasteiger partial charge is 0.253 e. The van der Waals surface area contributed by atoms with Gasteiger partial charge in [0.1, 0.15) is 0 Å². The minimum absolute atomic E-state index is 0.136. The molecule has 1 aliphatic rings. The maximum absolute atomic E-state index is 13.0. The maximum Gasteiger partial charge on any atom is 0.253 e. The van der Waals surface area contributed by atoms with E-state index in [9.17, 15) is 4.79 Å². The van der Waals surface area contributed by atoms with E-state index < -0.39 is 0 Å².